The molecular weight excluding hydrogens is 226 g/mol. The Bertz CT molecular complexity index is 388. The van der Waals surface area contributed by atoms with E-state index in [1.807, 2.05) is 6.92 Å². The second kappa shape index (κ2) is 3.57. The summed E-state index contributed by atoms with van der Waals surface area (Å²) in [5, 5.41) is 10.7. The molecule has 3 heteroatoms. The molecular formula is C15H25NO2. The number of aliphatic hydroxyl groups is 1. The third kappa shape index (κ3) is 1.53. The van der Waals surface area contributed by atoms with E-state index >= 15 is 0 Å². The van der Waals surface area contributed by atoms with Crippen molar-refractivity contribution in [1.29, 1.82) is 0 Å². The van der Waals surface area contributed by atoms with Gasteiger partial charge >= 0.3 is 0 Å². The van der Waals surface area contributed by atoms with Crippen LogP contribution in [0.15, 0.2) is 0 Å². The van der Waals surface area contributed by atoms with Crippen molar-refractivity contribution in [3.63, 3.8) is 0 Å². The first kappa shape index (κ1) is 12.6. The molecule has 3 nitrogen and oxygen atoms in total. The van der Waals surface area contributed by atoms with Gasteiger partial charge < -0.3 is 5.11 Å². The van der Waals surface area contributed by atoms with Crippen LogP contribution in [0.1, 0.15) is 53.4 Å². The Morgan fingerprint density at radius 2 is 1.94 bits per heavy atom. The SMILES string of the molecule is CC1C(=O)CC2N3C1CCC(C)(O)C3CC2(C)C. The average Bonchev–Trinajstić information content (AvgIpc) is 2.52. The minimum Gasteiger partial charge on any atom is -0.389 e. The molecule has 18 heavy (non-hydrogen) atoms. The highest BCUT2D eigenvalue weighted by molar-refractivity contribution is 5.83. The van der Waals surface area contributed by atoms with E-state index in [4.69, 9.17) is 0 Å². The van der Waals surface area contributed by atoms with Gasteiger partial charge in [-0.1, -0.05) is 20.8 Å². The summed E-state index contributed by atoms with van der Waals surface area (Å²) in [6.07, 6.45) is 3.49. The van der Waals surface area contributed by atoms with Gasteiger partial charge in [0.25, 0.3) is 0 Å². The molecule has 5 unspecified atom stereocenters. The van der Waals surface area contributed by atoms with E-state index in [1.54, 1.807) is 0 Å². The molecule has 0 saturated carbocycles. The summed E-state index contributed by atoms with van der Waals surface area (Å²) in [5.74, 6) is 0.574. The zero-order valence-electron chi connectivity index (χ0n) is 11.9. The van der Waals surface area contributed by atoms with Crippen LogP contribution in [-0.2, 0) is 4.79 Å². The fraction of sp³-hybridized carbons (Fsp3) is 0.933. The molecule has 5 atom stereocenters. The zero-order valence-corrected chi connectivity index (χ0v) is 11.9. The minimum absolute atomic E-state index is 0.146. The van der Waals surface area contributed by atoms with Crippen LogP contribution in [0, 0.1) is 11.3 Å². The molecule has 0 amide bonds. The van der Waals surface area contributed by atoms with Gasteiger partial charge in [0.15, 0.2) is 0 Å². The summed E-state index contributed by atoms with van der Waals surface area (Å²) in [5.41, 5.74) is -0.435. The highest BCUT2D eigenvalue weighted by Gasteiger charge is 2.60. The summed E-state index contributed by atoms with van der Waals surface area (Å²) >= 11 is 0. The summed E-state index contributed by atoms with van der Waals surface area (Å²) in [7, 11) is 0. The topological polar surface area (TPSA) is 40.5 Å². The second-order valence-electron chi connectivity index (χ2n) is 7.59. The van der Waals surface area contributed by atoms with E-state index in [-0.39, 0.29) is 17.4 Å². The molecule has 3 fully saturated rings. The number of nitrogens with zero attached hydrogens (tertiary/aromatic N) is 1. The van der Waals surface area contributed by atoms with Crippen molar-refractivity contribution < 1.29 is 9.90 Å². The third-order valence-corrected chi connectivity index (χ3v) is 5.87. The Kier molecular flexibility index (Phi) is 2.50. The number of Topliss-reactive ketones (excluding diaryl/α,β-unsaturated/α-hetero) is 1. The van der Waals surface area contributed by atoms with Crippen LogP contribution < -0.4 is 0 Å². The van der Waals surface area contributed by atoms with Crippen LogP contribution in [0.4, 0.5) is 0 Å². The summed E-state index contributed by atoms with van der Waals surface area (Å²) in [4.78, 5) is 14.7. The fourth-order valence-corrected chi connectivity index (χ4v) is 4.60. The molecule has 0 aromatic heterocycles. The van der Waals surface area contributed by atoms with Gasteiger partial charge in [0.05, 0.1) is 5.60 Å². The zero-order chi connectivity index (χ0) is 13.3. The Balaban J connectivity index is 2.02. The van der Waals surface area contributed by atoms with Crippen molar-refractivity contribution in [3.05, 3.63) is 0 Å². The second-order valence-corrected chi connectivity index (χ2v) is 7.59. The van der Waals surface area contributed by atoms with Crippen LogP contribution in [0.2, 0.25) is 0 Å². The lowest BCUT2D eigenvalue weighted by atomic mass is 9.75. The van der Waals surface area contributed by atoms with Crippen molar-refractivity contribution in [2.24, 2.45) is 11.3 Å². The van der Waals surface area contributed by atoms with Crippen LogP contribution >= 0.6 is 0 Å². The number of hydrogen-bond acceptors (Lipinski definition) is 3. The van der Waals surface area contributed by atoms with E-state index in [1.165, 1.54) is 0 Å². The molecule has 3 aliphatic rings. The highest BCUT2D eigenvalue weighted by atomic mass is 16.3. The van der Waals surface area contributed by atoms with Crippen molar-refractivity contribution in [3.8, 4) is 0 Å². The van der Waals surface area contributed by atoms with Gasteiger partial charge in [-0.2, -0.15) is 0 Å². The van der Waals surface area contributed by atoms with Crippen molar-refractivity contribution >= 4 is 5.78 Å². The number of carbonyl (C=O) groups is 1. The molecule has 3 heterocycles. The third-order valence-electron chi connectivity index (χ3n) is 5.87. The van der Waals surface area contributed by atoms with Crippen LogP contribution in [0.5, 0.6) is 0 Å². The molecule has 0 aromatic carbocycles. The Morgan fingerprint density at radius 1 is 1.28 bits per heavy atom. The van der Waals surface area contributed by atoms with Crippen molar-refractivity contribution in [2.45, 2.75) is 77.1 Å². The molecule has 0 bridgehead atoms. The maximum Gasteiger partial charge on any atom is 0.138 e. The Hall–Kier alpha value is -0.410. The largest absolute Gasteiger partial charge is 0.389 e. The van der Waals surface area contributed by atoms with Gasteiger partial charge in [-0.15, -0.1) is 0 Å². The van der Waals surface area contributed by atoms with E-state index < -0.39 is 5.60 Å². The van der Waals surface area contributed by atoms with Gasteiger partial charge in [-0.25, -0.2) is 0 Å². The first-order valence-corrected chi connectivity index (χ1v) is 7.26. The Morgan fingerprint density at radius 3 is 2.61 bits per heavy atom. The lowest BCUT2D eigenvalue weighted by Crippen LogP contribution is -2.63. The number of hydrogen-bond donors (Lipinski definition) is 1. The monoisotopic (exact) mass is 251 g/mol. The number of rotatable bonds is 0. The standard InChI is InChI=1S/C15H25NO2/c1-9-10-5-6-15(4,18)13-8-14(2,3)12(16(10)13)7-11(9)17/h9-10,12-13,18H,5-8H2,1-4H3. The first-order chi connectivity index (χ1) is 8.24. The van der Waals surface area contributed by atoms with Crippen molar-refractivity contribution in [2.75, 3.05) is 0 Å². The lowest BCUT2D eigenvalue weighted by molar-refractivity contribution is -0.144. The van der Waals surface area contributed by atoms with Gasteiger partial charge in [-0.3, -0.25) is 9.69 Å². The normalized spacial score (nSPS) is 51.3. The van der Waals surface area contributed by atoms with Crippen LogP contribution in [0.25, 0.3) is 0 Å². The Labute approximate surface area is 110 Å². The molecule has 3 saturated heterocycles. The maximum atomic E-state index is 12.2. The van der Waals surface area contributed by atoms with Gasteiger partial charge in [-0.05, 0) is 31.6 Å². The molecule has 3 rings (SSSR count). The molecule has 0 radical (unpaired) electrons. The van der Waals surface area contributed by atoms with E-state index in [2.05, 4.69) is 25.7 Å². The number of piperidine rings is 2. The fourth-order valence-electron chi connectivity index (χ4n) is 4.60. The summed E-state index contributed by atoms with van der Waals surface area (Å²) in [6.45, 7) is 8.57. The molecule has 0 aromatic rings. The number of carbonyl (C=O) groups excluding carboxylic acids is 1. The summed E-state index contributed by atoms with van der Waals surface area (Å²) in [6, 6.07) is 0.943. The van der Waals surface area contributed by atoms with Crippen LogP contribution in [0.3, 0.4) is 0 Å². The molecule has 1 N–H and O–H groups in total. The molecule has 102 valence electrons. The quantitative estimate of drug-likeness (QED) is 0.715. The first-order valence-electron chi connectivity index (χ1n) is 7.26. The summed E-state index contributed by atoms with van der Waals surface area (Å²) < 4.78 is 0. The highest BCUT2D eigenvalue weighted by Crippen LogP contribution is 2.53. The van der Waals surface area contributed by atoms with E-state index in [9.17, 15) is 9.90 Å². The van der Waals surface area contributed by atoms with Gasteiger partial charge in [0, 0.05) is 30.5 Å². The van der Waals surface area contributed by atoms with E-state index in [0.717, 1.165) is 19.3 Å². The molecule has 3 aliphatic heterocycles. The predicted molar refractivity (Wildman–Crippen MR) is 70.2 cm³/mol. The van der Waals surface area contributed by atoms with E-state index in [0.29, 0.717) is 24.3 Å². The van der Waals surface area contributed by atoms with Crippen molar-refractivity contribution in [1.82, 2.24) is 4.90 Å². The minimum atomic E-state index is -0.581. The van der Waals surface area contributed by atoms with Crippen LogP contribution in [-0.4, -0.2) is 39.5 Å². The number of ketones is 1. The average molecular weight is 251 g/mol. The molecule has 0 aliphatic carbocycles. The maximum absolute atomic E-state index is 12.2. The van der Waals surface area contributed by atoms with Gasteiger partial charge in [0.1, 0.15) is 5.78 Å². The predicted octanol–water partition coefficient (Wildman–Crippen LogP) is 1.98. The van der Waals surface area contributed by atoms with Gasteiger partial charge in [0.2, 0.25) is 0 Å². The molecule has 0 spiro atoms. The smallest absolute Gasteiger partial charge is 0.138 e. The lowest BCUT2D eigenvalue weighted by Gasteiger charge is -2.52.